The second-order valence-electron chi connectivity index (χ2n) is 4.73. The number of benzene rings is 1. The minimum Gasteiger partial charge on any atom is -0.377 e. The van der Waals surface area contributed by atoms with Crippen molar-refractivity contribution in [1.82, 2.24) is 30.0 Å². The third kappa shape index (κ3) is 2.87. The molecule has 21 heavy (non-hydrogen) atoms. The van der Waals surface area contributed by atoms with Crippen LogP contribution in [0, 0.1) is 0 Å². The second-order valence-corrected chi connectivity index (χ2v) is 5.14. The molecule has 1 atom stereocenters. The van der Waals surface area contributed by atoms with Gasteiger partial charge in [0, 0.05) is 18.8 Å². The van der Waals surface area contributed by atoms with Crippen molar-refractivity contribution in [3.63, 3.8) is 0 Å². The number of hydrogen-bond donors (Lipinski definition) is 1. The number of aromatic nitrogens is 6. The minimum atomic E-state index is 0.0836. The molecule has 0 radical (unpaired) electrons. The number of anilines is 1. The fraction of sp³-hybridized carbons (Fsp3) is 0.231. The van der Waals surface area contributed by atoms with E-state index in [1.165, 1.54) is 6.33 Å². The standard InChI is InChI=1S/C13H14ClN7/c1-9(10-6-16-20(2)7-10)17-13-5-11(3-4-12(13)14)21-8-15-18-19-21/h3-9,17H,1-2H3. The predicted molar refractivity (Wildman–Crippen MR) is 79.4 cm³/mol. The summed E-state index contributed by atoms with van der Waals surface area (Å²) in [6.07, 6.45) is 5.34. The Kier molecular flexibility index (Phi) is 3.57. The van der Waals surface area contributed by atoms with E-state index in [0.29, 0.717) is 5.02 Å². The third-order valence-electron chi connectivity index (χ3n) is 3.16. The van der Waals surface area contributed by atoms with Gasteiger partial charge in [-0.05, 0) is 35.5 Å². The van der Waals surface area contributed by atoms with Crippen LogP contribution in [0.5, 0.6) is 0 Å². The maximum absolute atomic E-state index is 6.25. The van der Waals surface area contributed by atoms with E-state index >= 15 is 0 Å². The number of nitrogens with one attached hydrogen (secondary N) is 1. The van der Waals surface area contributed by atoms with Crippen LogP contribution in [0.4, 0.5) is 5.69 Å². The van der Waals surface area contributed by atoms with Crippen LogP contribution in [0.2, 0.25) is 5.02 Å². The summed E-state index contributed by atoms with van der Waals surface area (Å²) >= 11 is 6.25. The van der Waals surface area contributed by atoms with Crippen molar-refractivity contribution >= 4 is 17.3 Å². The van der Waals surface area contributed by atoms with Crippen molar-refractivity contribution in [1.29, 1.82) is 0 Å². The van der Waals surface area contributed by atoms with Crippen LogP contribution in [-0.4, -0.2) is 30.0 Å². The fourth-order valence-electron chi connectivity index (χ4n) is 2.03. The Bertz CT molecular complexity index is 735. The van der Waals surface area contributed by atoms with Crippen LogP contribution in [0.1, 0.15) is 18.5 Å². The smallest absolute Gasteiger partial charge is 0.143 e. The Labute approximate surface area is 126 Å². The predicted octanol–water partition coefficient (Wildman–Crippen LogP) is 2.22. The highest BCUT2D eigenvalue weighted by molar-refractivity contribution is 6.33. The molecule has 7 nitrogen and oxygen atoms in total. The van der Waals surface area contributed by atoms with Gasteiger partial charge in [0.1, 0.15) is 6.33 Å². The molecule has 0 aliphatic carbocycles. The number of tetrazole rings is 1. The van der Waals surface area contributed by atoms with Crippen LogP contribution in [0.15, 0.2) is 36.9 Å². The zero-order valence-corrected chi connectivity index (χ0v) is 12.4. The maximum atomic E-state index is 6.25. The first-order chi connectivity index (χ1) is 10.1. The van der Waals surface area contributed by atoms with Crippen molar-refractivity contribution in [2.45, 2.75) is 13.0 Å². The minimum absolute atomic E-state index is 0.0836. The van der Waals surface area contributed by atoms with Gasteiger partial charge in [-0.2, -0.15) is 5.10 Å². The Morgan fingerprint density at radius 1 is 1.33 bits per heavy atom. The largest absolute Gasteiger partial charge is 0.377 e. The molecule has 1 aromatic carbocycles. The Morgan fingerprint density at radius 2 is 2.19 bits per heavy atom. The topological polar surface area (TPSA) is 73.5 Å². The van der Waals surface area contributed by atoms with E-state index in [1.807, 2.05) is 37.6 Å². The summed E-state index contributed by atoms with van der Waals surface area (Å²) in [5.74, 6) is 0. The van der Waals surface area contributed by atoms with Gasteiger partial charge in [0.25, 0.3) is 0 Å². The van der Waals surface area contributed by atoms with Gasteiger partial charge >= 0.3 is 0 Å². The number of aryl methyl sites for hydroxylation is 1. The molecule has 0 bridgehead atoms. The highest BCUT2D eigenvalue weighted by Gasteiger charge is 2.11. The monoisotopic (exact) mass is 303 g/mol. The van der Waals surface area contributed by atoms with Crippen LogP contribution in [-0.2, 0) is 7.05 Å². The van der Waals surface area contributed by atoms with Gasteiger partial charge < -0.3 is 5.32 Å². The van der Waals surface area contributed by atoms with Gasteiger partial charge in [0.2, 0.25) is 0 Å². The molecule has 1 unspecified atom stereocenters. The van der Waals surface area contributed by atoms with Gasteiger partial charge in [0.05, 0.1) is 28.6 Å². The molecular formula is C13H14ClN7. The fourth-order valence-corrected chi connectivity index (χ4v) is 2.20. The lowest BCUT2D eigenvalue weighted by atomic mass is 10.1. The summed E-state index contributed by atoms with van der Waals surface area (Å²) in [5, 5.41) is 19.3. The highest BCUT2D eigenvalue weighted by atomic mass is 35.5. The van der Waals surface area contributed by atoms with Crippen molar-refractivity contribution < 1.29 is 0 Å². The number of nitrogens with zero attached hydrogens (tertiary/aromatic N) is 6. The second kappa shape index (κ2) is 5.53. The molecule has 0 saturated carbocycles. The Morgan fingerprint density at radius 3 is 2.86 bits per heavy atom. The summed E-state index contributed by atoms with van der Waals surface area (Å²) in [7, 11) is 1.89. The first kappa shape index (κ1) is 13.6. The first-order valence-electron chi connectivity index (χ1n) is 6.41. The summed E-state index contributed by atoms with van der Waals surface area (Å²) in [6.45, 7) is 2.05. The van der Waals surface area contributed by atoms with E-state index in [1.54, 1.807) is 9.36 Å². The summed E-state index contributed by atoms with van der Waals surface area (Å²) in [5.41, 5.74) is 2.74. The molecule has 1 N–H and O–H groups in total. The lowest BCUT2D eigenvalue weighted by Crippen LogP contribution is -2.07. The number of halogens is 1. The normalized spacial score (nSPS) is 12.3. The number of rotatable bonds is 4. The summed E-state index contributed by atoms with van der Waals surface area (Å²) < 4.78 is 3.35. The zero-order valence-electron chi connectivity index (χ0n) is 11.6. The van der Waals surface area contributed by atoms with Gasteiger partial charge in [-0.25, -0.2) is 4.68 Å². The summed E-state index contributed by atoms with van der Waals surface area (Å²) in [6, 6.07) is 5.67. The Balaban J connectivity index is 1.86. The van der Waals surface area contributed by atoms with Crippen LogP contribution >= 0.6 is 11.6 Å². The van der Waals surface area contributed by atoms with E-state index in [9.17, 15) is 0 Å². The molecule has 3 aromatic rings. The van der Waals surface area contributed by atoms with Gasteiger partial charge in [0.15, 0.2) is 0 Å². The van der Waals surface area contributed by atoms with E-state index in [2.05, 4.69) is 32.9 Å². The molecule has 108 valence electrons. The van der Waals surface area contributed by atoms with Crippen LogP contribution < -0.4 is 5.32 Å². The van der Waals surface area contributed by atoms with E-state index in [0.717, 1.165) is 16.9 Å². The third-order valence-corrected chi connectivity index (χ3v) is 3.49. The lowest BCUT2D eigenvalue weighted by Gasteiger charge is -2.15. The average molecular weight is 304 g/mol. The molecule has 0 saturated heterocycles. The molecule has 0 amide bonds. The van der Waals surface area contributed by atoms with Crippen molar-refractivity contribution in [3.05, 3.63) is 47.5 Å². The molecular weight excluding hydrogens is 290 g/mol. The van der Waals surface area contributed by atoms with Gasteiger partial charge in [-0.1, -0.05) is 11.6 Å². The van der Waals surface area contributed by atoms with Crippen LogP contribution in [0.25, 0.3) is 5.69 Å². The molecule has 3 rings (SSSR count). The van der Waals surface area contributed by atoms with Crippen molar-refractivity contribution in [3.8, 4) is 5.69 Å². The van der Waals surface area contributed by atoms with Crippen molar-refractivity contribution in [2.75, 3.05) is 5.32 Å². The Hall–Kier alpha value is -2.41. The molecule has 0 aliphatic rings. The summed E-state index contributed by atoms with van der Waals surface area (Å²) in [4.78, 5) is 0. The molecule has 0 spiro atoms. The zero-order chi connectivity index (χ0) is 14.8. The average Bonchev–Trinajstić information content (AvgIpc) is 3.12. The van der Waals surface area contributed by atoms with E-state index in [-0.39, 0.29) is 6.04 Å². The molecule has 8 heteroatoms. The van der Waals surface area contributed by atoms with Gasteiger partial charge in [-0.15, -0.1) is 5.10 Å². The molecule has 0 fully saturated rings. The lowest BCUT2D eigenvalue weighted by molar-refractivity contribution is 0.765. The quantitative estimate of drug-likeness (QED) is 0.800. The maximum Gasteiger partial charge on any atom is 0.143 e. The molecule has 2 heterocycles. The molecule has 0 aliphatic heterocycles. The van der Waals surface area contributed by atoms with E-state index in [4.69, 9.17) is 11.6 Å². The van der Waals surface area contributed by atoms with Crippen LogP contribution in [0.3, 0.4) is 0 Å². The highest BCUT2D eigenvalue weighted by Crippen LogP contribution is 2.28. The first-order valence-corrected chi connectivity index (χ1v) is 6.79. The molecule has 2 aromatic heterocycles. The SMILES string of the molecule is CC(Nc1cc(-n2cnnn2)ccc1Cl)c1cnn(C)c1. The van der Waals surface area contributed by atoms with Gasteiger partial charge in [-0.3, -0.25) is 4.68 Å². The van der Waals surface area contributed by atoms with Crippen molar-refractivity contribution in [2.24, 2.45) is 7.05 Å². The number of hydrogen-bond acceptors (Lipinski definition) is 5. The van der Waals surface area contributed by atoms with E-state index < -0.39 is 0 Å².